The first-order valence-electron chi connectivity index (χ1n) is 12.4. The third-order valence-corrected chi connectivity index (χ3v) is 7.21. The van der Waals surface area contributed by atoms with Gasteiger partial charge in [0.15, 0.2) is 11.5 Å². The van der Waals surface area contributed by atoms with E-state index in [1.807, 2.05) is 47.4 Å². The van der Waals surface area contributed by atoms with E-state index >= 15 is 0 Å². The van der Waals surface area contributed by atoms with Gasteiger partial charge >= 0.3 is 0 Å². The van der Waals surface area contributed by atoms with Crippen molar-refractivity contribution >= 4 is 11.8 Å². The number of fused-ring (bicyclic) bond motifs is 1. The SMILES string of the molecule is COc1cc2c(cc1OC)CN(C(=O)CN(Cc1ccccc1)C(=O)CCC1CCCC1)CC2. The molecule has 34 heavy (non-hydrogen) atoms. The molecule has 6 nitrogen and oxygen atoms in total. The molecule has 6 heteroatoms. The molecule has 1 fully saturated rings. The topological polar surface area (TPSA) is 59.1 Å². The Balaban J connectivity index is 1.43. The number of rotatable bonds is 9. The molecule has 0 aromatic heterocycles. The number of hydrogen-bond acceptors (Lipinski definition) is 4. The van der Waals surface area contributed by atoms with E-state index in [0.29, 0.717) is 43.5 Å². The number of methoxy groups -OCH3 is 2. The lowest BCUT2D eigenvalue weighted by Crippen LogP contribution is -2.44. The molecule has 182 valence electrons. The van der Waals surface area contributed by atoms with Crippen LogP contribution in [-0.2, 0) is 29.1 Å². The summed E-state index contributed by atoms with van der Waals surface area (Å²) < 4.78 is 10.9. The van der Waals surface area contributed by atoms with E-state index in [-0.39, 0.29) is 18.4 Å². The zero-order valence-electron chi connectivity index (χ0n) is 20.4. The average molecular weight is 465 g/mol. The number of ether oxygens (including phenoxy) is 2. The molecular formula is C28H36N2O4. The van der Waals surface area contributed by atoms with Crippen LogP contribution in [0.5, 0.6) is 11.5 Å². The van der Waals surface area contributed by atoms with Gasteiger partial charge in [-0.25, -0.2) is 0 Å². The second-order valence-electron chi connectivity index (χ2n) is 9.47. The summed E-state index contributed by atoms with van der Waals surface area (Å²) in [5.74, 6) is 2.11. The second-order valence-corrected chi connectivity index (χ2v) is 9.47. The van der Waals surface area contributed by atoms with Gasteiger partial charge in [-0.15, -0.1) is 0 Å². The standard InChI is InChI=1S/C28H36N2O4/c1-33-25-16-23-14-15-29(19-24(23)17-26(25)34-2)28(32)20-30(18-22-10-4-3-5-11-22)27(31)13-12-21-8-6-7-9-21/h3-5,10-11,16-17,21H,6-9,12-15,18-20H2,1-2H3. The van der Waals surface area contributed by atoms with Crippen LogP contribution in [0.4, 0.5) is 0 Å². The van der Waals surface area contributed by atoms with Gasteiger partial charge in [-0.3, -0.25) is 9.59 Å². The van der Waals surface area contributed by atoms with Gasteiger partial charge in [0.25, 0.3) is 0 Å². The maximum Gasteiger partial charge on any atom is 0.242 e. The van der Waals surface area contributed by atoms with Crippen LogP contribution in [0.15, 0.2) is 42.5 Å². The van der Waals surface area contributed by atoms with E-state index < -0.39 is 0 Å². The minimum atomic E-state index is -0.00872. The average Bonchev–Trinajstić information content (AvgIpc) is 3.40. The van der Waals surface area contributed by atoms with E-state index in [1.54, 1.807) is 19.1 Å². The van der Waals surface area contributed by atoms with Crippen molar-refractivity contribution < 1.29 is 19.1 Å². The molecule has 2 aliphatic rings. The number of nitrogens with zero attached hydrogens (tertiary/aromatic N) is 2. The Kier molecular flexibility index (Phi) is 8.09. The van der Waals surface area contributed by atoms with Crippen molar-refractivity contribution in [3.8, 4) is 11.5 Å². The summed E-state index contributed by atoms with van der Waals surface area (Å²) in [6, 6.07) is 13.9. The minimum absolute atomic E-state index is 0.00872. The lowest BCUT2D eigenvalue weighted by Gasteiger charge is -2.32. The predicted octanol–water partition coefficient (Wildman–Crippen LogP) is 4.59. The minimum Gasteiger partial charge on any atom is -0.493 e. The van der Waals surface area contributed by atoms with Gasteiger partial charge in [-0.2, -0.15) is 0 Å². The van der Waals surface area contributed by atoms with E-state index in [9.17, 15) is 9.59 Å². The molecule has 0 bridgehead atoms. The number of carbonyl (C=O) groups is 2. The van der Waals surface area contributed by atoms with Crippen LogP contribution in [0.3, 0.4) is 0 Å². The van der Waals surface area contributed by atoms with Gasteiger partial charge in [0.1, 0.15) is 6.54 Å². The number of carbonyl (C=O) groups excluding carboxylic acids is 2. The van der Waals surface area contributed by atoms with Crippen molar-refractivity contribution in [2.45, 2.75) is 58.0 Å². The molecule has 1 saturated carbocycles. The van der Waals surface area contributed by atoms with Crippen LogP contribution in [0.1, 0.15) is 55.2 Å². The van der Waals surface area contributed by atoms with E-state index in [1.165, 1.54) is 31.2 Å². The fourth-order valence-corrected chi connectivity index (χ4v) is 5.18. The Bertz CT molecular complexity index is 985. The highest BCUT2D eigenvalue weighted by Crippen LogP contribution is 2.33. The lowest BCUT2D eigenvalue weighted by molar-refractivity contribution is -0.141. The summed E-state index contributed by atoms with van der Waals surface area (Å²) in [4.78, 5) is 30.1. The first-order valence-corrected chi connectivity index (χ1v) is 12.4. The van der Waals surface area contributed by atoms with Crippen molar-refractivity contribution in [2.75, 3.05) is 27.3 Å². The van der Waals surface area contributed by atoms with Gasteiger partial charge in [-0.1, -0.05) is 56.0 Å². The Morgan fingerprint density at radius 1 is 1.00 bits per heavy atom. The molecule has 4 rings (SSSR count). The molecule has 0 spiro atoms. The third kappa shape index (κ3) is 5.91. The lowest BCUT2D eigenvalue weighted by atomic mass is 9.98. The maximum absolute atomic E-state index is 13.3. The highest BCUT2D eigenvalue weighted by Gasteiger charge is 2.26. The van der Waals surface area contributed by atoms with Crippen LogP contribution >= 0.6 is 0 Å². The van der Waals surface area contributed by atoms with Crippen LogP contribution in [0.2, 0.25) is 0 Å². The first kappa shape index (κ1) is 24.1. The quantitative estimate of drug-likeness (QED) is 0.545. The number of hydrogen-bond donors (Lipinski definition) is 0. The van der Waals surface area contributed by atoms with Crippen molar-refractivity contribution in [3.63, 3.8) is 0 Å². The van der Waals surface area contributed by atoms with Gasteiger partial charge in [0.2, 0.25) is 11.8 Å². The Hall–Kier alpha value is -3.02. The fourth-order valence-electron chi connectivity index (χ4n) is 5.18. The summed E-state index contributed by atoms with van der Waals surface area (Å²) in [6.45, 7) is 1.73. The zero-order valence-corrected chi connectivity index (χ0v) is 20.4. The first-order chi connectivity index (χ1) is 16.6. The fraction of sp³-hybridized carbons (Fsp3) is 0.500. The molecule has 0 unspecified atom stereocenters. The third-order valence-electron chi connectivity index (χ3n) is 7.21. The molecule has 1 aliphatic heterocycles. The Morgan fingerprint density at radius 2 is 1.68 bits per heavy atom. The zero-order chi connectivity index (χ0) is 23.9. The molecule has 1 aliphatic carbocycles. The molecule has 2 aromatic carbocycles. The summed E-state index contributed by atoms with van der Waals surface area (Å²) in [5.41, 5.74) is 3.29. The summed E-state index contributed by atoms with van der Waals surface area (Å²) in [7, 11) is 3.25. The smallest absolute Gasteiger partial charge is 0.242 e. The number of benzene rings is 2. The molecule has 0 radical (unpaired) electrons. The molecule has 1 heterocycles. The molecular weight excluding hydrogens is 428 g/mol. The second kappa shape index (κ2) is 11.4. The Labute approximate surface area is 202 Å². The summed E-state index contributed by atoms with van der Waals surface area (Å²) in [6.07, 6.45) is 7.21. The summed E-state index contributed by atoms with van der Waals surface area (Å²) >= 11 is 0. The highest BCUT2D eigenvalue weighted by molar-refractivity contribution is 5.85. The van der Waals surface area contributed by atoms with Crippen molar-refractivity contribution in [1.29, 1.82) is 0 Å². The largest absolute Gasteiger partial charge is 0.493 e. The van der Waals surface area contributed by atoms with Gasteiger partial charge < -0.3 is 19.3 Å². The van der Waals surface area contributed by atoms with Crippen LogP contribution < -0.4 is 9.47 Å². The highest BCUT2D eigenvalue weighted by atomic mass is 16.5. The molecule has 0 N–H and O–H groups in total. The molecule has 0 saturated heterocycles. The van der Waals surface area contributed by atoms with Crippen molar-refractivity contribution in [2.24, 2.45) is 5.92 Å². The molecule has 2 aromatic rings. The Morgan fingerprint density at radius 3 is 2.35 bits per heavy atom. The predicted molar refractivity (Wildman–Crippen MR) is 132 cm³/mol. The van der Waals surface area contributed by atoms with Crippen LogP contribution in [0.25, 0.3) is 0 Å². The van der Waals surface area contributed by atoms with Gasteiger partial charge in [-0.05, 0) is 47.6 Å². The van der Waals surface area contributed by atoms with E-state index in [2.05, 4.69) is 0 Å². The maximum atomic E-state index is 13.3. The van der Waals surface area contributed by atoms with Crippen LogP contribution in [-0.4, -0.2) is 48.9 Å². The van der Waals surface area contributed by atoms with E-state index in [0.717, 1.165) is 24.0 Å². The van der Waals surface area contributed by atoms with Crippen molar-refractivity contribution in [3.05, 3.63) is 59.2 Å². The van der Waals surface area contributed by atoms with Crippen molar-refractivity contribution in [1.82, 2.24) is 9.80 Å². The monoisotopic (exact) mass is 464 g/mol. The van der Waals surface area contributed by atoms with Gasteiger partial charge in [0, 0.05) is 26.1 Å². The summed E-state index contributed by atoms with van der Waals surface area (Å²) in [5, 5.41) is 0. The normalized spacial score (nSPS) is 15.6. The number of amides is 2. The molecule has 2 amide bonds. The van der Waals surface area contributed by atoms with Crippen LogP contribution in [0, 0.1) is 5.92 Å². The molecule has 0 atom stereocenters. The van der Waals surface area contributed by atoms with E-state index in [4.69, 9.17) is 9.47 Å². The van der Waals surface area contributed by atoms with Gasteiger partial charge in [0.05, 0.1) is 14.2 Å².